The van der Waals surface area contributed by atoms with Gasteiger partial charge in [-0.15, -0.1) is 0 Å². The summed E-state index contributed by atoms with van der Waals surface area (Å²) in [5, 5.41) is 3.94. The Hall–Kier alpha value is -2.24. The molecule has 1 saturated carbocycles. The Bertz CT molecular complexity index is 843. The first-order valence-corrected chi connectivity index (χ1v) is 10.6. The van der Waals surface area contributed by atoms with Crippen LogP contribution in [0.3, 0.4) is 0 Å². The third kappa shape index (κ3) is 4.36. The SMILES string of the molecule is COc1ccccc1C1(C(=O)NCCN2CCN(c3ccc(Cl)cc3)CC2)CC1. The standard InChI is InChI=1S/C23H28ClN3O2/c1-29-21-5-3-2-4-20(21)23(10-11-23)22(28)25-12-13-26-14-16-27(17-15-26)19-8-6-18(24)7-9-19/h2-9H,10-17H2,1H3,(H,25,28). The lowest BCUT2D eigenvalue weighted by atomic mass is 9.94. The lowest BCUT2D eigenvalue weighted by Crippen LogP contribution is -2.49. The second-order valence-electron chi connectivity index (χ2n) is 7.84. The van der Waals surface area contributed by atoms with Crippen LogP contribution in [0.25, 0.3) is 0 Å². The number of para-hydroxylation sites is 1. The quantitative estimate of drug-likeness (QED) is 0.756. The van der Waals surface area contributed by atoms with E-state index in [0.717, 1.165) is 61.9 Å². The minimum absolute atomic E-state index is 0.127. The Morgan fingerprint density at radius 3 is 2.41 bits per heavy atom. The average molecular weight is 414 g/mol. The summed E-state index contributed by atoms with van der Waals surface area (Å²) in [5.41, 5.74) is 1.83. The van der Waals surface area contributed by atoms with E-state index in [9.17, 15) is 4.79 Å². The number of hydrogen-bond acceptors (Lipinski definition) is 4. The van der Waals surface area contributed by atoms with Crippen molar-refractivity contribution in [1.82, 2.24) is 10.2 Å². The molecule has 2 aromatic carbocycles. The van der Waals surface area contributed by atoms with Gasteiger partial charge in [-0.2, -0.15) is 0 Å². The molecule has 29 heavy (non-hydrogen) atoms. The molecule has 2 fully saturated rings. The maximum absolute atomic E-state index is 12.9. The monoisotopic (exact) mass is 413 g/mol. The number of hydrogen-bond donors (Lipinski definition) is 1. The van der Waals surface area contributed by atoms with Gasteiger partial charge in [0.1, 0.15) is 5.75 Å². The summed E-state index contributed by atoms with van der Waals surface area (Å²) in [4.78, 5) is 17.7. The first kappa shape index (κ1) is 20.0. The molecule has 2 aliphatic rings. The zero-order chi connectivity index (χ0) is 20.3. The number of nitrogens with zero attached hydrogens (tertiary/aromatic N) is 2. The normalized spacial score (nSPS) is 18.3. The Morgan fingerprint density at radius 1 is 1.07 bits per heavy atom. The van der Waals surface area contributed by atoms with Crippen molar-refractivity contribution in [2.75, 3.05) is 51.3 Å². The van der Waals surface area contributed by atoms with E-state index < -0.39 is 5.41 Å². The van der Waals surface area contributed by atoms with Crippen molar-refractivity contribution in [3.05, 3.63) is 59.1 Å². The first-order chi connectivity index (χ1) is 14.1. The smallest absolute Gasteiger partial charge is 0.230 e. The number of nitrogens with one attached hydrogen (secondary N) is 1. The second kappa shape index (κ2) is 8.64. The third-order valence-corrected chi connectivity index (χ3v) is 6.34. The van der Waals surface area contributed by atoms with Crippen LogP contribution < -0.4 is 15.0 Å². The molecule has 4 rings (SSSR count). The third-order valence-electron chi connectivity index (χ3n) is 6.08. The molecule has 6 heteroatoms. The fraction of sp³-hybridized carbons (Fsp3) is 0.435. The molecule has 0 radical (unpaired) electrons. The van der Waals surface area contributed by atoms with Gasteiger partial charge in [-0.05, 0) is 43.2 Å². The fourth-order valence-electron chi connectivity index (χ4n) is 4.16. The van der Waals surface area contributed by atoms with E-state index in [0.29, 0.717) is 6.54 Å². The lowest BCUT2D eigenvalue weighted by Gasteiger charge is -2.36. The number of piperazine rings is 1. The maximum Gasteiger partial charge on any atom is 0.230 e. The molecule has 1 N–H and O–H groups in total. The van der Waals surface area contributed by atoms with Gasteiger partial charge in [-0.3, -0.25) is 9.69 Å². The molecule has 1 aliphatic heterocycles. The number of ether oxygens (including phenoxy) is 1. The van der Waals surface area contributed by atoms with E-state index in [1.54, 1.807) is 7.11 Å². The number of anilines is 1. The zero-order valence-electron chi connectivity index (χ0n) is 16.9. The highest BCUT2D eigenvalue weighted by Gasteiger charge is 2.52. The van der Waals surface area contributed by atoms with Crippen LogP contribution in [-0.4, -0.2) is 57.2 Å². The number of carbonyl (C=O) groups excluding carboxylic acids is 1. The molecule has 0 bridgehead atoms. The molecule has 1 saturated heterocycles. The van der Waals surface area contributed by atoms with Gasteiger partial charge in [0, 0.05) is 55.5 Å². The van der Waals surface area contributed by atoms with Crippen molar-refractivity contribution in [2.45, 2.75) is 18.3 Å². The van der Waals surface area contributed by atoms with Crippen molar-refractivity contribution in [3.63, 3.8) is 0 Å². The molecule has 154 valence electrons. The van der Waals surface area contributed by atoms with Crippen LogP contribution >= 0.6 is 11.6 Å². The van der Waals surface area contributed by atoms with Gasteiger partial charge in [0.2, 0.25) is 5.91 Å². The van der Waals surface area contributed by atoms with Crippen molar-refractivity contribution in [1.29, 1.82) is 0 Å². The Labute approximate surface area is 177 Å². The number of amides is 1. The predicted molar refractivity (Wildman–Crippen MR) is 117 cm³/mol. The van der Waals surface area contributed by atoms with Gasteiger partial charge in [0.05, 0.1) is 12.5 Å². The summed E-state index contributed by atoms with van der Waals surface area (Å²) in [7, 11) is 1.66. The van der Waals surface area contributed by atoms with Gasteiger partial charge < -0.3 is 15.0 Å². The van der Waals surface area contributed by atoms with Crippen LogP contribution in [-0.2, 0) is 10.2 Å². The van der Waals surface area contributed by atoms with Gasteiger partial charge in [-0.25, -0.2) is 0 Å². The highest BCUT2D eigenvalue weighted by atomic mass is 35.5. The number of halogens is 1. The van der Waals surface area contributed by atoms with Gasteiger partial charge in [-0.1, -0.05) is 29.8 Å². The van der Waals surface area contributed by atoms with Crippen molar-refractivity contribution >= 4 is 23.2 Å². The summed E-state index contributed by atoms with van der Waals surface area (Å²) in [5.74, 6) is 0.931. The Balaban J connectivity index is 1.25. The molecule has 1 heterocycles. The van der Waals surface area contributed by atoms with Crippen LogP contribution in [0.15, 0.2) is 48.5 Å². The molecule has 0 unspecified atom stereocenters. The summed E-state index contributed by atoms with van der Waals surface area (Å²) in [6, 6.07) is 15.9. The van der Waals surface area contributed by atoms with E-state index in [-0.39, 0.29) is 5.91 Å². The van der Waals surface area contributed by atoms with Crippen LogP contribution in [0.5, 0.6) is 5.75 Å². The molecule has 1 amide bonds. The van der Waals surface area contributed by atoms with E-state index in [1.807, 2.05) is 36.4 Å². The number of methoxy groups -OCH3 is 1. The summed E-state index contributed by atoms with van der Waals surface area (Å²) < 4.78 is 5.47. The molecule has 0 spiro atoms. The molecule has 0 atom stereocenters. The minimum Gasteiger partial charge on any atom is -0.496 e. The lowest BCUT2D eigenvalue weighted by molar-refractivity contribution is -0.123. The summed E-state index contributed by atoms with van der Waals surface area (Å²) in [6.45, 7) is 5.52. The molecular weight excluding hydrogens is 386 g/mol. The highest BCUT2D eigenvalue weighted by Crippen LogP contribution is 2.51. The second-order valence-corrected chi connectivity index (χ2v) is 8.28. The molecule has 0 aromatic heterocycles. The van der Waals surface area contributed by atoms with E-state index in [4.69, 9.17) is 16.3 Å². The van der Waals surface area contributed by atoms with Gasteiger partial charge in [0.25, 0.3) is 0 Å². The minimum atomic E-state index is -0.403. The highest BCUT2D eigenvalue weighted by molar-refractivity contribution is 6.30. The summed E-state index contributed by atoms with van der Waals surface area (Å²) >= 11 is 5.98. The van der Waals surface area contributed by atoms with E-state index in [1.165, 1.54) is 5.69 Å². The predicted octanol–water partition coefficient (Wildman–Crippen LogP) is 3.32. The van der Waals surface area contributed by atoms with E-state index in [2.05, 4.69) is 27.2 Å². The van der Waals surface area contributed by atoms with Crippen molar-refractivity contribution in [3.8, 4) is 5.75 Å². The van der Waals surface area contributed by atoms with Gasteiger partial charge in [0.15, 0.2) is 0 Å². The first-order valence-electron chi connectivity index (χ1n) is 10.3. The van der Waals surface area contributed by atoms with Crippen LogP contribution in [0.4, 0.5) is 5.69 Å². The Morgan fingerprint density at radius 2 is 1.76 bits per heavy atom. The number of carbonyl (C=O) groups is 1. The number of benzene rings is 2. The maximum atomic E-state index is 12.9. The Kier molecular flexibility index (Phi) is 5.97. The zero-order valence-corrected chi connectivity index (χ0v) is 17.6. The molecule has 1 aliphatic carbocycles. The van der Waals surface area contributed by atoms with Crippen LogP contribution in [0, 0.1) is 0 Å². The molecule has 2 aromatic rings. The number of rotatable bonds is 7. The molecular formula is C23H28ClN3O2. The molecule has 5 nitrogen and oxygen atoms in total. The van der Waals surface area contributed by atoms with Gasteiger partial charge >= 0.3 is 0 Å². The topological polar surface area (TPSA) is 44.8 Å². The van der Waals surface area contributed by atoms with Crippen molar-refractivity contribution < 1.29 is 9.53 Å². The van der Waals surface area contributed by atoms with Crippen LogP contribution in [0.1, 0.15) is 18.4 Å². The van der Waals surface area contributed by atoms with Crippen molar-refractivity contribution in [2.24, 2.45) is 0 Å². The van der Waals surface area contributed by atoms with Crippen LogP contribution in [0.2, 0.25) is 5.02 Å². The summed E-state index contributed by atoms with van der Waals surface area (Å²) in [6.07, 6.45) is 1.78. The average Bonchev–Trinajstić information content (AvgIpc) is 3.57. The fourth-order valence-corrected chi connectivity index (χ4v) is 4.29. The largest absolute Gasteiger partial charge is 0.496 e. The van der Waals surface area contributed by atoms with E-state index >= 15 is 0 Å².